The topological polar surface area (TPSA) is 37.8 Å². The molecule has 0 amide bonds. The van der Waals surface area contributed by atoms with E-state index in [1.807, 2.05) is 25.5 Å². The van der Waals surface area contributed by atoms with Gasteiger partial charge in [-0.25, -0.2) is 4.98 Å². The maximum atomic E-state index is 4.72. The lowest BCUT2D eigenvalue weighted by Crippen LogP contribution is -2.05. The van der Waals surface area contributed by atoms with Crippen LogP contribution < -0.4 is 5.32 Å². The van der Waals surface area contributed by atoms with E-state index in [1.54, 1.807) is 11.3 Å². The molecule has 0 aliphatic carbocycles. The second-order valence-corrected chi connectivity index (χ2v) is 5.05. The first-order valence-electron chi connectivity index (χ1n) is 5.80. The Morgan fingerprint density at radius 3 is 2.88 bits per heavy atom. The minimum absolute atomic E-state index is 0.889. The van der Waals surface area contributed by atoms with Crippen LogP contribution in [0.15, 0.2) is 18.5 Å². The molecule has 2 rings (SSSR count). The molecule has 0 fully saturated rings. The Labute approximate surface area is 106 Å². The van der Waals surface area contributed by atoms with Gasteiger partial charge in [-0.1, -0.05) is 6.92 Å². The van der Waals surface area contributed by atoms with E-state index in [4.69, 9.17) is 4.98 Å². The van der Waals surface area contributed by atoms with Crippen molar-refractivity contribution in [2.45, 2.75) is 26.8 Å². The summed E-state index contributed by atoms with van der Waals surface area (Å²) < 4.78 is 0. The normalized spacial score (nSPS) is 10.8. The van der Waals surface area contributed by atoms with Gasteiger partial charge in [-0.2, -0.15) is 0 Å². The summed E-state index contributed by atoms with van der Waals surface area (Å²) >= 11 is 1.76. The van der Waals surface area contributed by atoms with E-state index in [2.05, 4.69) is 24.1 Å². The number of aromatic nitrogens is 2. The average Bonchev–Trinajstić information content (AvgIpc) is 2.73. The summed E-state index contributed by atoms with van der Waals surface area (Å²) in [6, 6.07) is 2.03. The molecule has 4 heteroatoms. The third-order valence-corrected chi connectivity index (χ3v) is 3.85. The molecular weight excluding hydrogens is 230 g/mol. The minimum Gasteiger partial charge on any atom is -0.315 e. The summed E-state index contributed by atoms with van der Waals surface area (Å²) in [7, 11) is 1.97. The fourth-order valence-electron chi connectivity index (χ4n) is 1.76. The molecule has 0 spiro atoms. The molecule has 0 saturated heterocycles. The fourth-order valence-corrected chi connectivity index (χ4v) is 3.00. The summed E-state index contributed by atoms with van der Waals surface area (Å²) in [6.07, 6.45) is 4.70. The molecule has 2 aromatic rings. The number of thiazole rings is 1. The third-order valence-electron chi connectivity index (χ3n) is 2.72. The number of nitrogens with one attached hydrogen (secondary N) is 1. The standard InChI is InChI=1S/C13H17N3S/c1-4-11-12(8-14-3)17-13(16-11)10-7-15-6-5-9(10)2/h5-7,14H,4,8H2,1-3H3. The Balaban J connectivity index is 2.43. The molecule has 90 valence electrons. The van der Waals surface area contributed by atoms with Crippen LogP contribution in [-0.4, -0.2) is 17.0 Å². The summed E-state index contributed by atoms with van der Waals surface area (Å²) in [5.41, 5.74) is 3.57. The van der Waals surface area contributed by atoms with Crippen LogP contribution in [0.5, 0.6) is 0 Å². The Bertz CT molecular complexity index is 505. The van der Waals surface area contributed by atoms with Crippen molar-refractivity contribution in [3.63, 3.8) is 0 Å². The fraction of sp³-hybridized carbons (Fsp3) is 0.385. The zero-order chi connectivity index (χ0) is 12.3. The van der Waals surface area contributed by atoms with Crippen LogP contribution in [0.25, 0.3) is 10.6 Å². The van der Waals surface area contributed by atoms with Crippen molar-refractivity contribution in [3.05, 3.63) is 34.6 Å². The van der Waals surface area contributed by atoms with E-state index >= 15 is 0 Å². The highest BCUT2D eigenvalue weighted by atomic mass is 32.1. The highest BCUT2D eigenvalue weighted by Crippen LogP contribution is 2.29. The highest BCUT2D eigenvalue weighted by molar-refractivity contribution is 7.15. The average molecular weight is 247 g/mol. The second-order valence-electron chi connectivity index (χ2n) is 3.96. The maximum absolute atomic E-state index is 4.72. The van der Waals surface area contributed by atoms with Gasteiger partial charge in [-0.05, 0) is 32.0 Å². The molecule has 0 saturated carbocycles. The van der Waals surface area contributed by atoms with Crippen molar-refractivity contribution in [2.24, 2.45) is 0 Å². The summed E-state index contributed by atoms with van der Waals surface area (Å²) in [4.78, 5) is 10.2. The van der Waals surface area contributed by atoms with Gasteiger partial charge >= 0.3 is 0 Å². The monoisotopic (exact) mass is 247 g/mol. The Hall–Kier alpha value is -1.26. The van der Waals surface area contributed by atoms with Gasteiger partial charge in [0.25, 0.3) is 0 Å². The largest absolute Gasteiger partial charge is 0.315 e. The van der Waals surface area contributed by atoms with Crippen molar-refractivity contribution in [2.75, 3.05) is 7.05 Å². The van der Waals surface area contributed by atoms with Gasteiger partial charge in [0.1, 0.15) is 5.01 Å². The molecule has 3 nitrogen and oxygen atoms in total. The number of pyridine rings is 1. The summed E-state index contributed by atoms with van der Waals surface area (Å²) in [5.74, 6) is 0. The Kier molecular flexibility index (Phi) is 3.86. The van der Waals surface area contributed by atoms with Crippen LogP contribution in [0, 0.1) is 6.92 Å². The Morgan fingerprint density at radius 1 is 1.41 bits per heavy atom. The predicted molar refractivity (Wildman–Crippen MR) is 72.2 cm³/mol. The summed E-state index contributed by atoms with van der Waals surface area (Å²) in [5, 5.41) is 4.27. The highest BCUT2D eigenvalue weighted by Gasteiger charge is 2.12. The minimum atomic E-state index is 0.889. The van der Waals surface area contributed by atoms with Crippen LogP contribution in [0.4, 0.5) is 0 Å². The maximum Gasteiger partial charge on any atom is 0.125 e. The molecule has 1 N–H and O–H groups in total. The SMILES string of the molecule is CCc1nc(-c2cnccc2C)sc1CNC. The van der Waals surface area contributed by atoms with E-state index in [-0.39, 0.29) is 0 Å². The van der Waals surface area contributed by atoms with Crippen molar-refractivity contribution < 1.29 is 0 Å². The first-order chi connectivity index (χ1) is 8.26. The van der Waals surface area contributed by atoms with Gasteiger partial charge in [0.15, 0.2) is 0 Å². The van der Waals surface area contributed by atoms with E-state index in [1.165, 1.54) is 16.1 Å². The molecule has 17 heavy (non-hydrogen) atoms. The molecule has 2 heterocycles. The van der Waals surface area contributed by atoms with Gasteiger partial charge < -0.3 is 5.32 Å². The molecule has 0 unspecified atom stereocenters. The molecule has 0 aromatic carbocycles. The van der Waals surface area contributed by atoms with E-state index in [0.717, 1.165) is 23.5 Å². The molecule has 2 aromatic heterocycles. The van der Waals surface area contributed by atoms with Crippen LogP contribution in [0.3, 0.4) is 0 Å². The molecule has 0 aliphatic rings. The van der Waals surface area contributed by atoms with Crippen LogP contribution in [0.2, 0.25) is 0 Å². The van der Waals surface area contributed by atoms with Gasteiger partial charge in [0.05, 0.1) is 5.69 Å². The molecule has 0 bridgehead atoms. The lowest BCUT2D eigenvalue weighted by Gasteiger charge is -1.99. The lowest BCUT2D eigenvalue weighted by molar-refractivity contribution is 0.815. The molecule has 0 atom stereocenters. The van der Waals surface area contributed by atoms with Crippen LogP contribution in [0.1, 0.15) is 23.1 Å². The zero-order valence-electron chi connectivity index (χ0n) is 10.4. The lowest BCUT2D eigenvalue weighted by atomic mass is 10.2. The number of hydrogen-bond acceptors (Lipinski definition) is 4. The smallest absolute Gasteiger partial charge is 0.125 e. The second kappa shape index (κ2) is 5.38. The van der Waals surface area contributed by atoms with E-state index < -0.39 is 0 Å². The van der Waals surface area contributed by atoms with E-state index in [9.17, 15) is 0 Å². The summed E-state index contributed by atoms with van der Waals surface area (Å²) in [6.45, 7) is 5.13. The number of hydrogen-bond donors (Lipinski definition) is 1. The van der Waals surface area contributed by atoms with Crippen molar-refractivity contribution in [1.29, 1.82) is 0 Å². The van der Waals surface area contributed by atoms with Gasteiger partial charge in [0, 0.05) is 29.4 Å². The van der Waals surface area contributed by atoms with Gasteiger partial charge in [-0.3, -0.25) is 4.98 Å². The third kappa shape index (κ3) is 2.53. The number of nitrogens with zero attached hydrogens (tertiary/aromatic N) is 2. The molecule has 0 radical (unpaired) electrons. The van der Waals surface area contributed by atoms with Crippen LogP contribution >= 0.6 is 11.3 Å². The Morgan fingerprint density at radius 2 is 2.24 bits per heavy atom. The van der Waals surface area contributed by atoms with Gasteiger partial charge in [-0.15, -0.1) is 11.3 Å². The van der Waals surface area contributed by atoms with Crippen molar-refractivity contribution in [3.8, 4) is 10.6 Å². The first-order valence-corrected chi connectivity index (χ1v) is 6.62. The molecular formula is C13H17N3S. The number of aryl methyl sites for hydroxylation is 2. The predicted octanol–water partition coefficient (Wildman–Crippen LogP) is 2.80. The first kappa shape index (κ1) is 12.2. The van der Waals surface area contributed by atoms with Crippen molar-refractivity contribution >= 4 is 11.3 Å². The van der Waals surface area contributed by atoms with Crippen molar-refractivity contribution in [1.82, 2.24) is 15.3 Å². The quantitative estimate of drug-likeness (QED) is 0.902. The van der Waals surface area contributed by atoms with Crippen LogP contribution in [-0.2, 0) is 13.0 Å². The van der Waals surface area contributed by atoms with Gasteiger partial charge in [0.2, 0.25) is 0 Å². The van der Waals surface area contributed by atoms with E-state index in [0.29, 0.717) is 0 Å². The molecule has 0 aliphatic heterocycles. The zero-order valence-corrected chi connectivity index (χ0v) is 11.3. The number of rotatable bonds is 4.